The molecule has 1 aliphatic carbocycles. The summed E-state index contributed by atoms with van der Waals surface area (Å²) in [5, 5.41) is 6.35. The molecule has 1 atom stereocenters. The van der Waals surface area contributed by atoms with Gasteiger partial charge in [0.25, 0.3) is 0 Å². The Bertz CT molecular complexity index is 928. The summed E-state index contributed by atoms with van der Waals surface area (Å²) >= 11 is 0. The van der Waals surface area contributed by atoms with Gasteiger partial charge in [-0.3, -0.25) is 9.59 Å². The van der Waals surface area contributed by atoms with Gasteiger partial charge in [-0.1, -0.05) is 17.3 Å². The largest absolute Gasteiger partial charge is 0.356 e. The van der Waals surface area contributed by atoms with Crippen molar-refractivity contribution in [2.24, 2.45) is 0 Å². The van der Waals surface area contributed by atoms with E-state index in [0.717, 1.165) is 16.2 Å². The number of Topliss-reactive ketones (excluding diaryl/α,β-unsaturated/α-hetero) is 2. The maximum Gasteiger partial charge on any atom is 0.167 e. The Morgan fingerprint density at radius 2 is 2.05 bits per heavy atom. The molecule has 4 nitrogen and oxygen atoms in total. The summed E-state index contributed by atoms with van der Waals surface area (Å²) in [5.74, 6) is -0.884. The highest BCUT2D eigenvalue weighted by Gasteiger charge is 2.32. The van der Waals surface area contributed by atoms with Crippen molar-refractivity contribution in [3.05, 3.63) is 41.8 Å². The average molecular weight is 297 g/mol. The van der Waals surface area contributed by atoms with E-state index >= 15 is 0 Å². The van der Waals surface area contributed by atoms with Crippen molar-refractivity contribution in [1.29, 1.82) is 0 Å². The first kappa shape index (κ1) is 13.1. The van der Waals surface area contributed by atoms with Crippen LogP contribution >= 0.6 is 0 Å². The molecule has 2 aromatic carbocycles. The van der Waals surface area contributed by atoms with Crippen LogP contribution < -0.4 is 0 Å². The molecule has 3 aromatic rings. The molecule has 0 amide bonds. The van der Waals surface area contributed by atoms with E-state index in [-0.39, 0.29) is 23.8 Å². The molecule has 110 valence electrons. The molecule has 0 N–H and O–H groups in total. The second kappa shape index (κ2) is 4.73. The molecule has 0 aliphatic heterocycles. The molecule has 0 bridgehead atoms. The fourth-order valence-electron chi connectivity index (χ4n) is 3.16. The lowest BCUT2D eigenvalue weighted by Crippen LogP contribution is -2.23. The molecule has 5 heteroatoms. The Morgan fingerprint density at radius 1 is 1.18 bits per heavy atom. The first-order valence-corrected chi connectivity index (χ1v) is 7.15. The second-order valence-electron chi connectivity index (χ2n) is 5.64. The van der Waals surface area contributed by atoms with Gasteiger partial charge >= 0.3 is 0 Å². The molecule has 1 saturated carbocycles. The van der Waals surface area contributed by atoms with Crippen molar-refractivity contribution < 1.29 is 18.5 Å². The lowest BCUT2D eigenvalue weighted by Gasteiger charge is -2.17. The molecule has 22 heavy (non-hydrogen) atoms. The van der Waals surface area contributed by atoms with E-state index in [4.69, 9.17) is 4.52 Å². The summed E-state index contributed by atoms with van der Waals surface area (Å²) < 4.78 is 18.7. The number of rotatable bonds is 1. The van der Waals surface area contributed by atoms with Gasteiger partial charge in [0.1, 0.15) is 23.1 Å². The topological polar surface area (TPSA) is 60.2 Å². The molecule has 0 unspecified atom stereocenters. The van der Waals surface area contributed by atoms with Gasteiger partial charge < -0.3 is 4.52 Å². The third-order valence-electron chi connectivity index (χ3n) is 4.24. The number of carbonyl (C=O) groups excluding carboxylic acids is 2. The number of hydrogen-bond donors (Lipinski definition) is 0. The third-order valence-corrected chi connectivity index (χ3v) is 4.24. The molecule has 1 aromatic heterocycles. The summed E-state index contributed by atoms with van der Waals surface area (Å²) in [6.07, 6.45) is 0.791. The zero-order valence-corrected chi connectivity index (χ0v) is 11.6. The van der Waals surface area contributed by atoms with Crippen LogP contribution in [0.25, 0.3) is 21.7 Å². The Kier molecular flexibility index (Phi) is 2.82. The van der Waals surface area contributed by atoms with Gasteiger partial charge in [0.15, 0.2) is 5.58 Å². The van der Waals surface area contributed by atoms with Gasteiger partial charge in [0.05, 0.1) is 17.7 Å². The molecule has 1 heterocycles. The van der Waals surface area contributed by atoms with Crippen molar-refractivity contribution in [2.45, 2.75) is 25.2 Å². The minimum Gasteiger partial charge on any atom is -0.356 e. The van der Waals surface area contributed by atoms with E-state index in [0.29, 0.717) is 24.1 Å². The number of hydrogen-bond acceptors (Lipinski definition) is 4. The summed E-state index contributed by atoms with van der Waals surface area (Å²) in [7, 11) is 0. The summed E-state index contributed by atoms with van der Waals surface area (Å²) in [6, 6.07) is 7.99. The van der Waals surface area contributed by atoms with Crippen molar-refractivity contribution in [2.75, 3.05) is 0 Å². The summed E-state index contributed by atoms with van der Waals surface area (Å²) in [4.78, 5) is 23.6. The van der Waals surface area contributed by atoms with Gasteiger partial charge in [-0.05, 0) is 35.4 Å². The number of nitrogens with zero attached hydrogens (tertiary/aromatic N) is 1. The Hall–Kier alpha value is -2.56. The predicted molar refractivity (Wildman–Crippen MR) is 78.1 cm³/mol. The van der Waals surface area contributed by atoms with Crippen molar-refractivity contribution >= 4 is 33.3 Å². The first-order chi connectivity index (χ1) is 10.6. The SMILES string of the molecule is O=C1CC[C@@H](c2noc3ccc4cc(F)ccc4c23)C(=O)C1. The zero-order valence-electron chi connectivity index (χ0n) is 11.6. The summed E-state index contributed by atoms with van der Waals surface area (Å²) in [6.45, 7) is 0. The number of halogens is 1. The fourth-order valence-corrected chi connectivity index (χ4v) is 3.16. The van der Waals surface area contributed by atoms with E-state index in [1.807, 2.05) is 0 Å². The van der Waals surface area contributed by atoms with Crippen molar-refractivity contribution in [1.82, 2.24) is 5.16 Å². The van der Waals surface area contributed by atoms with Gasteiger partial charge in [-0.25, -0.2) is 4.39 Å². The molecule has 0 saturated heterocycles. The maximum absolute atomic E-state index is 13.4. The highest BCUT2D eigenvalue weighted by Crippen LogP contribution is 2.36. The minimum atomic E-state index is -0.422. The van der Waals surface area contributed by atoms with E-state index in [1.165, 1.54) is 12.1 Å². The first-order valence-electron chi connectivity index (χ1n) is 7.15. The molecule has 1 fully saturated rings. The van der Waals surface area contributed by atoms with Crippen LogP contribution in [0.3, 0.4) is 0 Å². The third kappa shape index (κ3) is 1.93. The normalized spacial score (nSPS) is 19.2. The Balaban J connectivity index is 1.95. The van der Waals surface area contributed by atoms with E-state index in [2.05, 4.69) is 5.16 Å². The van der Waals surface area contributed by atoms with Crippen LogP contribution in [0, 0.1) is 5.82 Å². The Morgan fingerprint density at radius 3 is 2.86 bits per heavy atom. The van der Waals surface area contributed by atoms with Crippen LogP contribution in [0.1, 0.15) is 30.9 Å². The average Bonchev–Trinajstić information content (AvgIpc) is 2.91. The standard InChI is InChI=1S/C17H12FNO3/c18-10-2-4-12-9(7-10)1-6-15-16(12)17(19-22-15)13-5-3-11(20)8-14(13)21/h1-2,4,6-7,13H,3,5,8H2/t13-/m1/s1. The van der Waals surface area contributed by atoms with Gasteiger partial charge in [0.2, 0.25) is 0 Å². The molecular formula is C17H12FNO3. The molecular weight excluding hydrogens is 285 g/mol. The van der Waals surface area contributed by atoms with Crippen molar-refractivity contribution in [3.8, 4) is 0 Å². The van der Waals surface area contributed by atoms with Gasteiger partial charge in [0, 0.05) is 6.42 Å². The number of ketones is 2. The van der Waals surface area contributed by atoms with Crippen LogP contribution in [0.5, 0.6) is 0 Å². The van der Waals surface area contributed by atoms with Crippen LogP contribution in [0.15, 0.2) is 34.9 Å². The van der Waals surface area contributed by atoms with Crippen LogP contribution in [0.2, 0.25) is 0 Å². The maximum atomic E-state index is 13.4. The Labute approximate surface area is 124 Å². The van der Waals surface area contributed by atoms with E-state index < -0.39 is 5.92 Å². The minimum absolute atomic E-state index is 0.0269. The number of benzene rings is 2. The smallest absolute Gasteiger partial charge is 0.167 e. The highest BCUT2D eigenvalue weighted by atomic mass is 19.1. The quantitative estimate of drug-likeness (QED) is 0.645. The monoisotopic (exact) mass is 297 g/mol. The van der Waals surface area contributed by atoms with Crippen molar-refractivity contribution in [3.63, 3.8) is 0 Å². The lowest BCUT2D eigenvalue weighted by atomic mass is 9.83. The molecule has 0 radical (unpaired) electrons. The fraction of sp³-hybridized carbons (Fsp3) is 0.235. The van der Waals surface area contributed by atoms with Gasteiger partial charge in [-0.15, -0.1) is 0 Å². The predicted octanol–water partition coefficient (Wildman–Crippen LogP) is 3.53. The summed E-state index contributed by atoms with van der Waals surface area (Å²) in [5.41, 5.74) is 1.13. The molecule has 4 rings (SSSR count). The highest BCUT2D eigenvalue weighted by molar-refractivity contribution is 6.10. The number of aromatic nitrogens is 1. The number of fused-ring (bicyclic) bond motifs is 3. The van der Waals surface area contributed by atoms with E-state index in [9.17, 15) is 14.0 Å². The molecule has 1 aliphatic rings. The van der Waals surface area contributed by atoms with Crippen LogP contribution in [-0.2, 0) is 9.59 Å². The van der Waals surface area contributed by atoms with E-state index in [1.54, 1.807) is 18.2 Å². The zero-order chi connectivity index (χ0) is 15.3. The lowest BCUT2D eigenvalue weighted by molar-refractivity contribution is -0.130. The molecule has 0 spiro atoms. The van der Waals surface area contributed by atoms with Gasteiger partial charge in [-0.2, -0.15) is 0 Å². The number of carbonyl (C=O) groups is 2. The van der Waals surface area contributed by atoms with Crippen LogP contribution in [0.4, 0.5) is 4.39 Å². The second-order valence-corrected chi connectivity index (χ2v) is 5.64. The van der Waals surface area contributed by atoms with Crippen LogP contribution in [-0.4, -0.2) is 16.7 Å².